The molecule has 31 heavy (non-hydrogen) atoms. The molecule has 0 N–H and O–H groups in total. The largest absolute Gasteiger partial charge is 0.418 e. The number of alkyl halides is 15. The standard InChI is InChI=1S/C15H9F15O/c16-9(17)11(20,21)14(27,28)15(29,30)13(25,26)10(18,19)6-31-8(12(22,23)24)7-4-2-1-3-5-7/h1-5,8-9H,6H2. The van der Waals surface area contributed by atoms with E-state index in [0.717, 1.165) is 18.2 Å². The Morgan fingerprint density at radius 3 is 1.48 bits per heavy atom. The third-order valence-electron chi connectivity index (χ3n) is 3.77. The molecule has 1 aromatic rings. The Morgan fingerprint density at radius 1 is 0.645 bits per heavy atom. The molecule has 0 aromatic heterocycles. The van der Waals surface area contributed by atoms with Crippen molar-refractivity contribution in [2.75, 3.05) is 6.61 Å². The molecular formula is C15H9F15O. The van der Waals surface area contributed by atoms with Crippen molar-refractivity contribution < 1.29 is 70.6 Å². The number of hydrogen-bond donors (Lipinski definition) is 0. The summed E-state index contributed by atoms with van der Waals surface area (Å²) in [6, 6.07) is 4.14. The zero-order valence-electron chi connectivity index (χ0n) is 14.3. The van der Waals surface area contributed by atoms with E-state index in [1.807, 2.05) is 0 Å². The van der Waals surface area contributed by atoms with Gasteiger partial charge in [-0.05, 0) is 5.56 Å². The van der Waals surface area contributed by atoms with Crippen molar-refractivity contribution in [1.29, 1.82) is 0 Å². The van der Waals surface area contributed by atoms with E-state index in [-0.39, 0.29) is 0 Å². The summed E-state index contributed by atoms with van der Waals surface area (Å²) in [5.74, 6) is -37.0. The average molecular weight is 490 g/mol. The minimum atomic E-state index is -7.84. The molecule has 1 rings (SSSR count). The topological polar surface area (TPSA) is 9.23 Å². The van der Waals surface area contributed by atoms with Crippen molar-refractivity contribution in [3.05, 3.63) is 35.9 Å². The van der Waals surface area contributed by atoms with Crippen LogP contribution in [0.2, 0.25) is 0 Å². The molecule has 0 amide bonds. The number of hydrogen-bond acceptors (Lipinski definition) is 1. The van der Waals surface area contributed by atoms with E-state index in [1.165, 1.54) is 0 Å². The summed E-state index contributed by atoms with van der Waals surface area (Å²) < 4.78 is 199. The summed E-state index contributed by atoms with van der Waals surface area (Å²) in [5.41, 5.74) is -0.990. The van der Waals surface area contributed by atoms with E-state index < -0.39 is 60.5 Å². The molecule has 0 aliphatic carbocycles. The minimum Gasteiger partial charge on any atom is -0.357 e. The van der Waals surface area contributed by atoms with E-state index in [4.69, 9.17) is 0 Å². The van der Waals surface area contributed by atoms with Crippen LogP contribution >= 0.6 is 0 Å². The summed E-state index contributed by atoms with van der Waals surface area (Å²) in [7, 11) is 0. The smallest absolute Gasteiger partial charge is 0.357 e. The van der Waals surface area contributed by atoms with Gasteiger partial charge in [0, 0.05) is 0 Å². The van der Waals surface area contributed by atoms with Crippen molar-refractivity contribution in [2.45, 2.75) is 48.3 Å². The normalized spacial score (nSPS) is 16.0. The highest BCUT2D eigenvalue weighted by Crippen LogP contribution is 2.58. The van der Waals surface area contributed by atoms with Crippen LogP contribution in [0.4, 0.5) is 65.9 Å². The van der Waals surface area contributed by atoms with E-state index >= 15 is 0 Å². The van der Waals surface area contributed by atoms with Gasteiger partial charge in [-0.25, -0.2) is 8.78 Å². The monoisotopic (exact) mass is 490 g/mol. The fourth-order valence-corrected chi connectivity index (χ4v) is 2.06. The maximum Gasteiger partial charge on any atom is 0.418 e. The molecule has 1 aromatic carbocycles. The Hall–Kier alpha value is -1.87. The van der Waals surface area contributed by atoms with E-state index in [2.05, 4.69) is 4.74 Å². The molecule has 0 saturated carbocycles. The predicted octanol–water partition coefficient (Wildman–Crippen LogP) is 6.75. The van der Waals surface area contributed by atoms with Gasteiger partial charge in [0.15, 0.2) is 6.10 Å². The highest BCUT2D eigenvalue weighted by atomic mass is 19.4. The first-order chi connectivity index (χ1) is 13.6. The third kappa shape index (κ3) is 4.67. The lowest BCUT2D eigenvalue weighted by molar-refractivity contribution is -0.417. The van der Waals surface area contributed by atoms with Crippen LogP contribution in [0, 0.1) is 0 Å². The van der Waals surface area contributed by atoms with Gasteiger partial charge in [0.2, 0.25) is 0 Å². The summed E-state index contributed by atoms with van der Waals surface area (Å²) >= 11 is 0. The van der Waals surface area contributed by atoms with Crippen molar-refractivity contribution in [3.8, 4) is 0 Å². The Morgan fingerprint density at radius 2 is 1.10 bits per heavy atom. The van der Waals surface area contributed by atoms with Crippen LogP contribution in [0.3, 0.4) is 0 Å². The molecule has 0 aliphatic heterocycles. The van der Waals surface area contributed by atoms with Gasteiger partial charge in [0.25, 0.3) is 0 Å². The maximum absolute atomic E-state index is 13.6. The summed E-state index contributed by atoms with van der Waals surface area (Å²) in [4.78, 5) is 0. The molecule has 0 spiro atoms. The predicted molar refractivity (Wildman–Crippen MR) is 71.9 cm³/mol. The van der Waals surface area contributed by atoms with Crippen molar-refractivity contribution >= 4 is 0 Å². The van der Waals surface area contributed by atoms with E-state index in [0.29, 0.717) is 12.1 Å². The molecule has 0 fully saturated rings. The maximum atomic E-state index is 13.6. The van der Waals surface area contributed by atoms with Gasteiger partial charge in [-0.3, -0.25) is 0 Å². The minimum absolute atomic E-state index is 0.598. The van der Waals surface area contributed by atoms with E-state index in [9.17, 15) is 65.9 Å². The summed E-state index contributed by atoms with van der Waals surface area (Å²) in [6.45, 7) is -3.31. The van der Waals surface area contributed by atoms with E-state index in [1.54, 1.807) is 0 Å². The molecule has 1 unspecified atom stereocenters. The van der Waals surface area contributed by atoms with Crippen molar-refractivity contribution in [3.63, 3.8) is 0 Å². The molecule has 0 heterocycles. The Labute approximate surface area is 162 Å². The first kappa shape index (κ1) is 27.2. The number of rotatable bonds is 9. The lowest BCUT2D eigenvalue weighted by atomic mass is 9.94. The quantitative estimate of drug-likeness (QED) is 0.348. The molecule has 0 aliphatic rings. The van der Waals surface area contributed by atoms with Gasteiger partial charge in [-0.2, -0.15) is 57.1 Å². The van der Waals surface area contributed by atoms with Crippen LogP contribution in [0.25, 0.3) is 0 Å². The van der Waals surface area contributed by atoms with Crippen molar-refractivity contribution in [2.24, 2.45) is 0 Å². The highest BCUT2D eigenvalue weighted by molar-refractivity contribution is 5.19. The molecule has 1 atom stereocenters. The van der Waals surface area contributed by atoms with Crippen molar-refractivity contribution in [1.82, 2.24) is 0 Å². The van der Waals surface area contributed by atoms with Crippen LogP contribution in [-0.2, 0) is 4.74 Å². The third-order valence-corrected chi connectivity index (χ3v) is 3.77. The second kappa shape index (κ2) is 8.24. The van der Waals surface area contributed by atoms with Gasteiger partial charge in [0.05, 0.1) is 0 Å². The van der Waals surface area contributed by atoms with Crippen LogP contribution in [0.5, 0.6) is 0 Å². The molecule has 0 radical (unpaired) electrons. The number of ether oxygens (including phenoxy) is 1. The lowest BCUT2D eigenvalue weighted by Gasteiger charge is -2.39. The van der Waals surface area contributed by atoms with Gasteiger partial charge in [-0.1, -0.05) is 30.3 Å². The Bertz CT molecular complexity index is 726. The fourth-order valence-electron chi connectivity index (χ4n) is 2.06. The number of halogens is 15. The molecule has 0 saturated heterocycles. The van der Waals surface area contributed by atoms with Crippen LogP contribution in [0.15, 0.2) is 30.3 Å². The Kier molecular flexibility index (Phi) is 7.22. The molecule has 180 valence electrons. The summed E-state index contributed by atoms with van der Waals surface area (Å²) in [6.07, 6.45) is -14.7. The molecule has 1 nitrogen and oxygen atoms in total. The van der Waals surface area contributed by atoms with Crippen LogP contribution in [-0.4, -0.2) is 48.8 Å². The summed E-state index contributed by atoms with van der Waals surface area (Å²) in [5, 5.41) is 0. The SMILES string of the molecule is FC(F)C(F)(F)C(F)(F)C(F)(F)C(F)(F)C(F)(F)COC(c1ccccc1)C(F)(F)F. The fraction of sp³-hybridized carbons (Fsp3) is 0.600. The Balaban J connectivity index is 3.29. The first-order valence-electron chi connectivity index (χ1n) is 7.55. The zero-order chi connectivity index (χ0) is 24.7. The van der Waals surface area contributed by atoms with Gasteiger partial charge in [0.1, 0.15) is 6.61 Å². The molecule has 0 bridgehead atoms. The van der Waals surface area contributed by atoms with Gasteiger partial charge < -0.3 is 4.74 Å². The van der Waals surface area contributed by atoms with Gasteiger partial charge >= 0.3 is 42.2 Å². The molecular weight excluding hydrogens is 481 g/mol. The van der Waals surface area contributed by atoms with Gasteiger partial charge in [-0.15, -0.1) is 0 Å². The average Bonchev–Trinajstić information content (AvgIpc) is 2.60. The highest BCUT2D eigenvalue weighted by Gasteiger charge is 2.87. The second-order valence-electron chi connectivity index (χ2n) is 5.99. The lowest BCUT2D eigenvalue weighted by Crippen LogP contribution is -2.69. The second-order valence-corrected chi connectivity index (χ2v) is 5.99. The first-order valence-corrected chi connectivity index (χ1v) is 7.55. The molecule has 16 heteroatoms. The van der Waals surface area contributed by atoms with Crippen LogP contribution in [0.1, 0.15) is 11.7 Å². The number of benzene rings is 1. The van der Waals surface area contributed by atoms with Crippen LogP contribution < -0.4 is 0 Å². The zero-order valence-corrected chi connectivity index (χ0v) is 14.3.